The number of nitrogens with zero attached hydrogens (tertiary/aromatic N) is 2. The highest BCUT2D eigenvalue weighted by Crippen LogP contribution is 2.21. The third-order valence-electron chi connectivity index (χ3n) is 1.24. The first-order chi connectivity index (χ1) is 5.97. The number of hydrogen-bond donors (Lipinski definition) is 0. The predicted molar refractivity (Wildman–Crippen MR) is 46.5 cm³/mol. The SMILES string of the molecule is [C]1=C(C2=CSOC=N2)OCC=N1. The van der Waals surface area contributed by atoms with Gasteiger partial charge in [-0.3, -0.25) is 4.99 Å². The van der Waals surface area contributed by atoms with Crippen molar-refractivity contribution in [1.82, 2.24) is 0 Å². The zero-order valence-electron chi connectivity index (χ0n) is 6.06. The van der Waals surface area contributed by atoms with E-state index in [0.717, 1.165) is 0 Å². The molecule has 2 aliphatic heterocycles. The van der Waals surface area contributed by atoms with Crippen LogP contribution in [0, 0.1) is 6.20 Å². The van der Waals surface area contributed by atoms with Crippen molar-refractivity contribution < 1.29 is 8.92 Å². The third kappa shape index (κ3) is 1.50. The van der Waals surface area contributed by atoms with Crippen LogP contribution in [-0.2, 0) is 8.92 Å². The van der Waals surface area contributed by atoms with Gasteiger partial charge in [-0.15, -0.1) is 0 Å². The fourth-order valence-corrected chi connectivity index (χ4v) is 1.15. The summed E-state index contributed by atoms with van der Waals surface area (Å²) in [7, 11) is 0. The summed E-state index contributed by atoms with van der Waals surface area (Å²) in [5.74, 6) is 0.560. The zero-order chi connectivity index (χ0) is 8.23. The highest BCUT2D eigenvalue weighted by Gasteiger charge is 2.10. The van der Waals surface area contributed by atoms with Gasteiger partial charge in [0.25, 0.3) is 0 Å². The molecule has 0 saturated heterocycles. The topological polar surface area (TPSA) is 43.2 Å². The molecule has 0 spiro atoms. The van der Waals surface area contributed by atoms with Crippen molar-refractivity contribution in [2.75, 3.05) is 6.61 Å². The molecule has 0 aromatic carbocycles. The van der Waals surface area contributed by atoms with Crippen LogP contribution in [0.2, 0.25) is 0 Å². The minimum atomic E-state index is 0.473. The Hall–Kier alpha value is -1.23. The molecule has 0 aromatic heterocycles. The molecule has 0 unspecified atom stereocenters. The van der Waals surface area contributed by atoms with E-state index >= 15 is 0 Å². The summed E-state index contributed by atoms with van der Waals surface area (Å²) in [5, 5.41) is 1.74. The van der Waals surface area contributed by atoms with Crippen molar-refractivity contribution in [2.24, 2.45) is 9.98 Å². The standard InChI is InChI=1S/C7H5N2O2S/c1-2-10-7(3-8-1)6-4-12-11-5-9-6/h1,4-5H,2H2. The van der Waals surface area contributed by atoms with Crippen LogP contribution in [0.5, 0.6) is 0 Å². The predicted octanol–water partition coefficient (Wildman–Crippen LogP) is 1.28. The molecular formula is C7H5N2O2S. The van der Waals surface area contributed by atoms with E-state index in [4.69, 9.17) is 8.92 Å². The van der Waals surface area contributed by atoms with Gasteiger partial charge in [0.1, 0.15) is 18.5 Å². The summed E-state index contributed by atoms with van der Waals surface area (Å²) in [6.45, 7) is 0.473. The van der Waals surface area contributed by atoms with Gasteiger partial charge < -0.3 is 8.92 Å². The van der Waals surface area contributed by atoms with Crippen LogP contribution in [0.15, 0.2) is 26.8 Å². The molecule has 2 heterocycles. The molecule has 4 nitrogen and oxygen atoms in total. The second-order valence-electron chi connectivity index (χ2n) is 1.99. The zero-order valence-corrected chi connectivity index (χ0v) is 6.87. The number of aliphatic imine (C=N–C) groups is 2. The molecule has 0 bridgehead atoms. The molecule has 2 aliphatic rings. The van der Waals surface area contributed by atoms with E-state index in [1.807, 2.05) is 0 Å². The van der Waals surface area contributed by atoms with Gasteiger partial charge in [-0.1, -0.05) is 0 Å². The lowest BCUT2D eigenvalue weighted by atomic mass is 10.4. The first-order valence-electron chi connectivity index (χ1n) is 3.29. The van der Waals surface area contributed by atoms with Gasteiger partial charge in [0.2, 0.25) is 0 Å². The molecular weight excluding hydrogens is 176 g/mol. The van der Waals surface area contributed by atoms with Crippen LogP contribution in [0.25, 0.3) is 0 Å². The second-order valence-corrected chi connectivity index (χ2v) is 2.61. The third-order valence-corrected chi connectivity index (χ3v) is 1.76. The molecule has 12 heavy (non-hydrogen) atoms. The summed E-state index contributed by atoms with van der Waals surface area (Å²) in [6.07, 6.45) is 5.70. The summed E-state index contributed by atoms with van der Waals surface area (Å²) in [5.41, 5.74) is 0.697. The maximum absolute atomic E-state index is 5.22. The van der Waals surface area contributed by atoms with Gasteiger partial charge in [-0.05, 0) is 0 Å². The number of rotatable bonds is 1. The molecule has 2 rings (SSSR count). The van der Waals surface area contributed by atoms with E-state index in [0.29, 0.717) is 18.1 Å². The quantitative estimate of drug-likeness (QED) is 0.572. The van der Waals surface area contributed by atoms with E-state index in [-0.39, 0.29) is 0 Å². The van der Waals surface area contributed by atoms with Crippen molar-refractivity contribution >= 4 is 24.7 Å². The van der Waals surface area contributed by atoms with Crippen LogP contribution in [-0.4, -0.2) is 19.2 Å². The molecule has 0 atom stereocenters. The van der Waals surface area contributed by atoms with Crippen LogP contribution >= 0.6 is 12.0 Å². The van der Waals surface area contributed by atoms with Crippen molar-refractivity contribution in [3.8, 4) is 0 Å². The molecule has 5 heteroatoms. The van der Waals surface area contributed by atoms with Crippen LogP contribution in [0.4, 0.5) is 0 Å². The Bertz CT molecular complexity index is 294. The van der Waals surface area contributed by atoms with Crippen LogP contribution < -0.4 is 0 Å². The molecule has 0 amide bonds. The van der Waals surface area contributed by atoms with Gasteiger partial charge in [0.05, 0.1) is 12.0 Å². The monoisotopic (exact) mass is 181 g/mol. The number of hydrogen-bond acceptors (Lipinski definition) is 5. The minimum Gasteiger partial charge on any atom is -0.483 e. The lowest BCUT2D eigenvalue weighted by Crippen LogP contribution is -2.03. The minimum absolute atomic E-state index is 0.473. The van der Waals surface area contributed by atoms with E-state index in [1.54, 1.807) is 11.6 Å². The fraction of sp³-hybridized carbons (Fsp3) is 0.143. The Labute approximate surface area is 73.9 Å². The summed E-state index contributed by atoms with van der Waals surface area (Å²) >= 11 is 1.19. The van der Waals surface area contributed by atoms with E-state index in [2.05, 4.69) is 16.2 Å². The average Bonchev–Trinajstić information content (AvgIpc) is 2.21. The Morgan fingerprint density at radius 3 is 3.25 bits per heavy atom. The van der Waals surface area contributed by atoms with Crippen molar-refractivity contribution in [2.45, 2.75) is 0 Å². The highest BCUT2D eigenvalue weighted by molar-refractivity contribution is 7.98. The normalized spacial score (nSPS) is 20.7. The van der Waals surface area contributed by atoms with E-state index < -0.39 is 0 Å². The summed E-state index contributed by atoms with van der Waals surface area (Å²) in [6, 6.07) is 0. The fourth-order valence-electron chi connectivity index (χ4n) is 0.745. The lowest BCUT2D eigenvalue weighted by Gasteiger charge is -2.11. The van der Waals surface area contributed by atoms with Crippen molar-refractivity contribution in [3.05, 3.63) is 23.1 Å². The smallest absolute Gasteiger partial charge is 0.192 e. The molecule has 0 aliphatic carbocycles. The molecule has 0 aromatic rings. The van der Waals surface area contributed by atoms with E-state index in [1.165, 1.54) is 18.4 Å². The maximum Gasteiger partial charge on any atom is 0.192 e. The van der Waals surface area contributed by atoms with Crippen LogP contribution in [0.1, 0.15) is 0 Å². The van der Waals surface area contributed by atoms with Crippen molar-refractivity contribution in [3.63, 3.8) is 0 Å². The van der Waals surface area contributed by atoms with Gasteiger partial charge in [-0.25, -0.2) is 4.99 Å². The molecule has 0 N–H and O–H groups in total. The molecule has 0 fully saturated rings. The van der Waals surface area contributed by atoms with Gasteiger partial charge in [0.15, 0.2) is 12.2 Å². The van der Waals surface area contributed by atoms with Gasteiger partial charge >= 0.3 is 0 Å². The molecule has 1 radical (unpaired) electrons. The maximum atomic E-state index is 5.22. The Kier molecular flexibility index (Phi) is 2.13. The van der Waals surface area contributed by atoms with Gasteiger partial charge in [-0.2, -0.15) is 0 Å². The van der Waals surface area contributed by atoms with Crippen molar-refractivity contribution in [1.29, 1.82) is 0 Å². The molecule has 61 valence electrons. The lowest BCUT2D eigenvalue weighted by molar-refractivity contribution is 0.262. The number of ether oxygens (including phenoxy) is 1. The highest BCUT2D eigenvalue weighted by atomic mass is 32.2. The van der Waals surface area contributed by atoms with Gasteiger partial charge in [0, 0.05) is 11.6 Å². The Morgan fingerprint density at radius 2 is 2.58 bits per heavy atom. The average molecular weight is 181 g/mol. The second kappa shape index (κ2) is 3.44. The Morgan fingerprint density at radius 1 is 1.58 bits per heavy atom. The largest absolute Gasteiger partial charge is 0.483 e. The first kappa shape index (κ1) is 7.42. The summed E-state index contributed by atoms with van der Waals surface area (Å²) in [4.78, 5) is 7.78. The molecule has 0 saturated carbocycles. The van der Waals surface area contributed by atoms with E-state index in [9.17, 15) is 0 Å². The van der Waals surface area contributed by atoms with Crippen LogP contribution in [0.3, 0.4) is 0 Å². The first-order valence-corrected chi connectivity index (χ1v) is 4.10. The summed E-state index contributed by atoms with van der Waals surface area (Å²) < 4.78 is 10.0. The Balaban J connectivity index is 2.17.